The highest BCUT2D eigenvalue weighted by Crippen LogP contribution is 2.37. The molecule has 0 radical (unpaired) electrons. The van der Waals surface area contributed by atoms with Crippen molar-refractivity contribution in [2.45, 2.75) is 31.4 Å². The zero-order valence-electron chi connectivity index (χ0n) is 17.8. The summed E-state index contributed by atoms with van der Waals surface area (Å²) in [6.45, 7) is 2.20. The van der Waals surface area contributed by atoms with E-state index in [1.165, 1.54) is 5.56 Å². The van der Waals surface area contributed by atoms with E-state index in [2.05, 4.69) is 21.9 Å². The summed E-state index contributed by atoms with van der Waals surface area (Å²) in [7, 11) is 1.65. The van der Waals surface area contributed by atoms with Crippen molar-refractivity contribution in [3.05, 3.63) is 54.1 Å². The lowest BCUT2D eigenvalue weighted by atomic mass is 10.0. The van der Waals surface area contributed by atoms with Gasteiger partial charge in [-0.05, 0) is 37.0 Å². The number of nitrogens with two attached hydrogens (primary N) is 1. The standard InChI is InChI=1S/C24H29N3O4/c1-30-22-10-7-18(14-23(22)31-20-8-9-20)26-11-12-27(16-21(28)24(25)29)19(15-26)13-17-5-3-2-4-6-17/h2-7,10,14,19-20H,8-9,11-13,15-16H2,1H3,(H2,25,29)/t19-/m0/s1. The average molecular weight is 424 g/mol. The molecule has 164 valence electrons. The maximum Gasteiger partial charge on any atom is 0.286 e. The maximum absolute atomic E-state index is 12.0. The Morgan fingerprint density at radius 3 is 2.52 bits per heavy atom. The van der Waals surface area contributed by atoms with Gasteiger partial charge in [-0.1, -0.05) is 30.3 Å². The van der Waals surface area contributed by atoms with Crippen molar-refractivity contribution in [3.8, 4) is 11.5 Å². The summed E-state index contributed by atoms with van der Waals surface area (Å²) < 4.78 is 11.5. The lowest BCUT2D eigenvalue weighted by molar-refractivity contribution is -0.137. The number of amides is 1. The van der Waals surface area contributed by atoms with Crippen molar-refractivity contribution >= 4 is 17.4 Å². The summed E-state index contributed by atoms with van der Waals surface area (Å²) in [5.41, 5.74) is 7.47. The molecule has 0 spiro atoms. The van der Waals surface area contributed by atoms with E-state index in [4.69, 9.17) is 15.2 Å². The van der Waals surface area contributed by atoms with Crippen LogP contribution in [0.5, 0.6) is 11.5 Å². The molecule has 0 aromatic heterocycles. The number of ketones is 1. The van der Waals surface area contributed by atoms with Crippen molar-refractivity contribution in [2.24, 2.45) is 5.73 Å². The molecular weight excluding hydrogens is 394 g/mol. The van der Waals surface area contributed by atoms with Crippen LogP contribution in [0.3, 0.4) is 0 Å². The fourth-order valence-corrected chi connectivity index (χ4v) is 4.00. The van der Waals surface area contributed by atoms with E-state index in [1.54, 1.807) is 7.11 Å². The Bertz CT molecular complexity index is 930. The number of nitrogens with zero attached hydrogens (tertiary/aromatic N) is 2. The normalized spacial score (nSPS) is 19.1. The summed E-state index contributed by atoms with van der Waals surface area (Å²) in [6.07, 6.45) is 3.23. The number of ether oxygens (including phenoxy) is 2. The summed E-state index contributed by atoms with van der Waals surface area (Å²) in [5, 5.41) is 0. The molecular formula is C24H29N3O4. The van der Waals surface area contributed by atoms with E-state index in [1.807, 2.05) is 36.4 Å². The van der Waals surface area contributed by atoms with Crippen molar-refractivity contribution in [2.75, 3.05) is 38.2 Å². The monoisotopic (exact) mass is 423 g/mol. The lowest BCUT2D eigenvalue weighted by Crippen LogP contribution is -2.56. The van der Waals surface area contributed by atoms with E-state index < -0.39 is 11.7 Å². The van der Waals surface area contributed by atoms with Crippen LogP contribution in [0.2, 0.25) is 0 Å². The van der Waals surface area contributed by atoms with Crippen LogP contribution in [0, 0.1) is 0 Å². The summed E-state index contributed by atoms with van der Waals surface area (Å²) >= 11 is 0. The molecule has 1 aliphatic carbocycles. The summed E-state index contributed by atoms with van der Waals surface area (Å²) in [4.78, 5) is 27.7. The minimum Gasteiger partial charge on any atom is -0.493 e. The number of hydrogen-bond donors (Lipinski definition) is 1. The fourth-order valence-electron chi connectivity index (χ4n) is 4.00. The highest BCUT2D eigenvalue weighted by molar-refractivity contribution is 6.36. The number of Topliss-reactive ketones (excluding diaryl/α,β-unsaturated/α-hetero) is 1. The van der Waals surface area contributed by atoms with Gasteiger partial charge in [0.15, 0.2) is 11.5 Å². The Balaban J connectivity index is 1.53. The van der Waals surface area contributed by atoms with Crippen LogP contribution >= 0.6 is 0 Å². The molecule has 0 unspecified atom stereocenters. The van der Waals surface area contributed by atoms with Crippen molar-refractivity contribution < 1.29 is 19.1 Å². The highest BCUT2D eigenvalue weighted by atomic mass is 16.5. The number of rotatable bonds is 9. The van der Waals surface area contributed by atoms with Crippen LogP contribution in [0.4, 0.5) is 5.69 Å². The van der Waals surface area contributed by atoms with Crippen LogP contribution in [-0.4, -0.2) is 62.0 Å². The number of benzene rings is 2. The van der Waals surface area contributed by atoms with Gasteiger partial charge in [-0.15, -0.1) is 0 Å². The zero-order chi connectivity index (χ0) is 21.8. The molecule has 0 bridgehead atoms. The Morgan fingerprint density at radius 1 is 1.06 bits per heavy atom. The van der Waals surface area contributed by atoms with Gasteiger partial charge in [0.2, 0.25) is 5.78 Å². The van der Waals surface area contributed by atoms with E-state index in [0.29, 0.717) is 6.54 Å². The van der Waals surface area contributed by atoms with Crippen LogP contribution in [0.15, 0.2) is 48.5 Å². The molecule has 4 rings (SSSR count). The second-order valence-electron chi connectivity index (χ2n) is 8.20. The molecule has 1 amide bonds. The molecule has 7 nitrogen and oxygen atoms in total. The number of anilines is 1. The highest BCUT2D eigenvalue weighted by Gasteiger charge is 2.31. The molecule has 1 saturated carbocycles. The van der Waals surface area contributed by atoms with Gasteiger partial charge >= 0.3 is 0 Å². The Labute approximate surface area is 182 Å². The molecule has 2 N–H and O–H groups in total. The Kier molecular flexibility index (Phi) is 6.42. The Morgan fingerprint density at radius 2 is 1.84 bits per heavy atom. The molecule has 1 heterocycles. The van der Waals surface area contributed by atoms with Crippen LogP contribution in [-0.2, 0) is 16.0 Å². The van der Waals surface area contributed by atoms with Crippen LogP contribution < -0.4 is 20.1 Å². The number of methoxy groups -OCH3 is 1. The van der Waals surface area contributed by atoms with Gasteiger partial charge in [0.05, 0.1) is 19.8 Å². The second kappa shape index (κ2) is 9.39. The predicted octanol–water partition coefficient (Wildman–Crippen LogP) is 2.02. The topological polar surface area (TPSA) is 85.1 Å². The third-order valence-corrected chi connectivity index (χ3v) is 5.87. The van der Waals surface area contributed by atoms with Gasteiger partial charge in [0, 0.05) is 37.4 Å². The second-order valence-corrected chi connectivity index (χ2v) is 8.20. The molecule has 2 aliphatic rings. The largest absolute Gasteiger partial charge is 0.493 e. The predicted molar refractivity (Wildman–Crippen MR) is 119 cm³/mol. The van der Waals surface area contributed by atoms with Crippen molar-refractivity contribution in [1.82, 2.24) is 4.90 Å². The Hall–Kier alpha value is -3.06. The number of primary amides is 1. The minimum atomic E-state index is -0.877. The smallest absolute Gasteiger partial charge is 0.286 e. The first-order valence-electron chi connectivity index (χ1n) is 10.7. The van der Waals surface area contributed by atoms with Gasteiger partial charge in [-0.3, -0.25) is 14.5 Å². The number of piperazine rings is 1. The third-order valence-electron chi connectivity index (χ3n) is 5.87. The number of carbonyl (C=O) groups excluding carboxylic acids is 2. The number of carbonyl (C=O) groups is 2. The minimum absolute atomic E-state index is 0.0549. The summed E-state index contributed by atoms with van der Waals surface area (Å²) in [6, 6.07) is 16.3. The molecule has 1 saturated heterocycles. The summed E-state index contributed by atoms with van der Waals surface area (Å²) in [5.74, 6) is 0.0876. The number of hydrogen-bond acceptors (Lipinski definition) is 6. The van der Waals surface area contributed by atoms with E-state index in [0.717, 1.165) is 49.5 Å². The van der Waals surface area contributed by atoms with E-state index >= 15 is 0 Å². The first-order valence-corrected chi connectivity index (χ1v) is 10.7. The first-order chi connectivity index (χ1) is 15.0. The maximum atomic E-state index is 12.0. The quantitative estimate of drug-likeness (QED) is 0.621. The molecule has 2 fully saturated rings. The zero-order valence-corrected chi connectivity index (χ0v) is 17.8. The van der Waals surface area contributed by atoms with Gasteiger partial charge < -0.3 is 20.1 Å². The van der Waals surface area contributed by atoms with Crippen LogP contribution in [0.1, 0.15) is 18.4 Å². The molecule has 1 atom stereocenters. The van der Waals surface area contributed by atoms with Gasteiger partial charge in [-0.2, -0.15) is 0 Å². The van der Waals surface area contributed by atoms with Crippen molar-refractivity contribution in [3.63, 3.8) is 0 Å². The SMILES string of the molecule is COc1ccc(N2CCN(CC(=O)C(N)=O)[C@@H](Cc3ccccc3)C2)cc1OC1CC1. The average Bonchev–Trinajstić information content (AvgIpc) is 3.59. The van der Waals surface area contributed by atoms with E-state index in [9.17, 15) is 9.59 Å². The van der Waals surface area contributed by atoms with Crippen LogP contribution in [0.25, 0.3) is 0 Å². The van der Waals surface area contributed by atoms with Gasteiger partial charge in [0.25, 0.3) is 5.91 Å². The third kappa shape index (κ3) is 5.35. The molecule has 2 aromatic rings. The van der Waals surface area contributed by atoms with Gasteiger partial charge in [-0.25, -0.2) is 0 Å². The molecule has 1 aliphatic heterocycles. The van der Waals surface area contributed by atoms with E-state index in [-0.39, 0.29) is 18.7 Å². The first kappa shape index (κ1) is 21.2. The lowest BCUT2D eigenvalue weighted by Gasteiger charge is -2.42. The molecule has 2 aromatic carbocycles. The molecule has 31 heavy (non-hydrogen) atoms. The van der Waals surface area contributed by atoms with Crippen molar-refractivity contribution in [1.29, 1.82) is 0 Å². The fraction of sp³-hybridized carbons (Fsp3) is 0.417. The molecule has 7 heteroatoms. The van der Waals surface area contributed by atoms with Gasteiger partial charge in [0.1, 0.15) is 0 Å².